The van der Waals surface area contributed by atoms with Crippen LogP contribution in [0.2, 0.25) is 0 Å². The fourth-order valence-corrected chi connectivity index (χ4v) is 4.43. The maximum atomic E-state index is 13.0. The van der Waals surface area contributed by atoms with E-state index < -0.39 is 5.92 Å². The third-order valence-corrected chi connectivity index (χ3v) is 6.18. The molecule has 1 aliphatic heterocycles. The minimum Gasteiger partial charge on any atom is -0.493 e. The molecule has 3 aromatic rings. The smallest absolute Gasteiger partial charge is 0.257 e. The number of fused-ring (bicyclic) bond motifs is 1. The lowest BCUT2D eigenvalue weighted by atomic mass is 9.86. The molecule has 31 heavy (non-hydrogen) atoms. The van der Waals surface area contributed by atoms with Crippen molar-refractivity contribution >= 4 is 23.5 Å². The van der Waals surface area contributed by atoms with E-state index in [4.69, 9.17) is 9.47 Å². The van der Waals surface area contributed by atoms with Gasteiger partial charge in [0.15, 0.2) is 16.7 Å². The monoisotopic (exact) mass is 437 g/mol. The van der Waals surface area contributed by atoms with Crippen LogP contribution in [0.15, 0.2) is 52.4 Å². The highest BCUT2D eigenvalue weighted by molar-refractivity contribution is 7.98. The Morgan fingerprint density at radius 1 is 1.06 bits per heavy atom. The summed E-state index contributed by atoms with van der Waals surface area (Å²) in [6.45, 7) is 2.04. The van der Waals surface area contributed by atoms with Crippen LogP contribution in [-0.2, 0) is 10.5 Å². The summed E-state index contributed by atoms with van der Waals surface area (Å²) in [5.74, 6) is 1.50. The molecule has 2 heterocycles. The number of anilines is 1. The molecule has 1 atom stereocenters. The van der Waals surface area contributed by atoms with Gasteiger partial charge in [0.1, 0.15) is 5.82 Å². The molecule has 160 valence electrons. The SMILES string of the molecule is COc1ccc(C2CC(=O)Nc3nc(SCc4ccc(C)cc4)[nH]c(=O)c32)cc1OC. The molecule has 0 saturated heterocycles. The van der Waals surface area contributed by atoms with Gasteiger partial charge in [0, 0.05) is 18.1 Å². The number of hydrogen-bond donors (Lipinski definition) is 2. The van der Waals surface area contributed by atoms with Crippen LogP contribution in [0.1, 0.15) is 34.6 Å². The Morgan fingerprint density at radius 2 is 1.81 bits per heavy atom. The number of methoxy groups -OCH3 is 2. The molecule has 1 amide bonds. The molecule has 0 spiro atoms. The van der Waals surface area contributed by atoms with Crippen molar-refractivity contribution in [1.29, 1.82) is 0 Å². The Bertz CT molecular complexity index is 1170. The lowest BCUT2D eigenvalue weighted by Crippen LogP contribution is -2.31. The third-order valence-electron chi connectivity index (χ3n) is 5.24. The largest absolute Gasteiger partial charge is 0.493 e. The van der Waals surface area contributed by atoms with Gasteiger partial charge in [-0.1, -0.05) is 47.7 Å². The summed E-state index contributed by atoms with van der Waals surface area (Å²) in [6.07, 6.45) is 0.156. The highest BCUT2D eigenvalue weighted by Gasteiger charge is 2.31. The number of carbonyl (C=O) groups is 1. The van der Waals surface area contributed by atoms with Gasteiger partial charge in [-0.25, -0.2) is 4.98 Å². The van der Waals surface area contributed by atoms with Crippen LogP contribution in [0.3, 0.4) is 0 Å². The number of amides is 1. The van der Waals surface area contributed by atoms with Crippen LogP contribution >= 0.6 is 11.8 Å². The highest BCUT2D eigenvalue weighted by atomic mass is 32.2. The van der Waals surface area contributed by atoms with Crippen molar-refractivity contribution in [2.24, 2.45) is 0 Å². The first-order valence-corrected chi connectivity index (χ1v) is 10.8. The van der Waals surface area contributed by atoms with Crippen molar-refractivity contribution in [3.8, 4) is 11.5 Å². The van der Waals surface area contributed by atoms with E-state index in [1.165, 1.54) is 17.3 Å². The van der Waals surface area contributed by atoms with Crippen LogP contribution in [0.25, 0.3) is 0 Å². The molecule has 7 nitrogen and oxygen atoms in total. The zero-order chi connectivity index (χ0) is 22.0. The average molecular weight is 438 g/mol. The Morgan fingerprint density at radius 3 is 2.52 bits per heavy atom. The second kappa shape index (κ2) is 8.85. The van der Waals surface area contributed by atoms with Gasteiger partial charge in [0.05, 0.1) is 19.8 Å². The first-order valence-electron chi connectivity index (χ1n) is 9.83. The quantitative estimate of drug-likeness (QED) is 0.449. The van der Waals surface area contributed by atoms with Gasteiger partial charge in [-0.2, -0.15) is 0 Å². The Labute approximate surface area is 184 Å². The molecule has 0 radical (unpaired) electrons. The van der Waals surface area contributed by atoms with Crippen molar-refractivity contribution in [3.63, 3.8) is 0 Å². The number of hydrogen-bond acceptors (Lipinski definition) is 6. The number of nitrogens with one attached hydrogen (secondary N) is 2. The van der Waals surface area contributed by atoms with E-state index in [-0.39, 0.29) is 17.9 Å². The van der Waals surface area contributed by atoms with Gasteiger partial charge >= 0.3 is 0 Å². The molecular weight excluding hydrogens is 414 g/mol. The lowest BCUT2D eigenvalue weighted by molar-refractivity contribution is -0.116. The minimum absolute atomic E-state index is 0.156. The first-order chi connectivity index (χ1) is 15.0. The van der Waals surface area contributed by atoms with Crippen molar-refractivity contribution in [1.82, 2.24) is 9.97 Å². The zero-order valence-electron chi connectivity index (χ0n) is 17.5. The minimum atomic E-state index is -0.420. The van der Waals surface area contributed by atoms with E-state index in [0.29, 0.717) is 33.8 Å². The number of aromatic amines is 1. The van der Waals surface area contributed by atoms with Gasteiger partial charge in [-0.3, -0.25) is 9.59 Å². The van der Waals surface area contributed by atoms with Gasteiger partial charge < -0.3 is 19.8 Å². The number of benzene rings is 2. The fourth-order valence-electron chi connectivity index (χ4n) is 3.61. The van der Waals surface area contributed by atoms with E-state index in [2.05, 4.69) is 15.3 Å². The van der Waals surface area contributed by atoms with Crippen LogP contribution in [0, 0.1) is 6.92 Å². The standard InChI is InChI=1S/C23H23N3O4S/c1-13-4-6-14(7-5-13)12-31-23-25-21-20(22(28)26-23)16(11-19(27)24-21)15-8-9-17(29-2)18(10-15)30-3/h4-10,16H,11-12H2,1-3H3,(H2,24,25,26,27,28). The predicted molar refractivity (Wildman–Crippen MR) is 120 cm³/mol. The number of nitrogens with zero attached hydrogens (tertiary/aromatic N) is 1. The maximum Gasteiger partial charge on any atom is 0.257 e. The molecule has 2 aromatic carbocycles. The Hall–Kier alpha value is -3.26. The molecule has 1 unspecified atom stereocenters. The average Bonchev–Trinajstić information content (AvgIpc) is 2.77. The first kappa shape index (κ1) is 21.0. The molecule has 0 aliphatic carbocycles. The molecule has 0 saturated carbocycles. The van der Waals surface area contributed by atoms with E-state index >= 15 is 0 Å². The second-order valence-corrected chi connectivity index (χ2v) is 8.29. The Balaban J connectivity index is 1.65. The third kappa shape index (κ3) is 4.44. The van der Waals surface area contributed by atoms with Crippen LogP contribution in [-0.4, -0.2) is 30.1 Å². The van der Waals surface area contributed by atoms with Crippen molar-refractivity contribution in [2.75, 3.05) is 19.5 Å². The van der Waals surface area contributed by atoms with Crippen LogP contribution in [0.5, 0.6) is 11.5 Å². The summed E-state index contributed by atoms with van der Waals surface area (Å²) >= 11 is 1.42. The molecular formula is C23H23N3O4S. The highest BCUT2D eigenvalue weighted by Crippen LogP contribution is 2.38. The van der Waals surface area contributed by atoms with Crippen LogP contribution < -0.4 is 20.3 Å². The van der Waals surface area contributed by atoms with Gasteiger partial charge in [0.25, 0.3) is 5.56 Å². The predicted octanol–water partition coefficient (Wildman–Crippen LogP) is 3.86. The van der Waals surface area contributed by atoms with Gasteiger partial charge in [-0.15, -0.1) is 0 Å². The van der Waals surface area contributed by atoms with Gasteiger partial charge in [-0.05, 0) is 30.2 Å². The van der Waals surface area contributed by atoms with Crippen molar-refractivity contribution < 1.29 is 14.3 Å². The number of ether oxygens (including phenoxy) is 2. The van der Waals surface area contributed by atoms with E-state index in [9.17, 15) is 9.59 Å². The molecule has 2 N–H and O–H groups in total. The number of aryl methyl sites for hydroxylation is 1. The zero-order valence-corrected chi connectivity index (χ0v) is 18.3. The molecule has 8 heteroatoms. The van der Waals surface area contributed by atoms with Gasteiger partial charge in [0.2, 0.25) is 5.91 Å². The number of thioether (sulfide) groups is 1. The normalized spacial score (nSPS) is 15.2. The maximum absolute atomic E-state index is 13.0. The topological polar surface area (TPSA) is 93.3 Å². The summed E-state index contributed by atoms with van der Waals surface area (Å²) in [5, 5.41) is 3.23. The molecule has 1 aliphatic rings. The number of H-pyrrole nitrogens is 1. The van der Waals surface area contributed by atoms with E-state index in [1.54, 1.807) is 26.4 Å². The lowest BCUT2D eigenvalue weighted by Gasteiger charge is -2.25. The number of carbonyl (C=O) groups excluding carboxylic acids is 1. The van der Waals surface area contributed by atoms with Crippen molar-refractivity contribution in [3.05, 3.63) is 75.1 Å². The molecule has 0 bridgehead atoms. The van der Waals surface area contributed by atoms with E-state index in [0.717, 1.165) is 11.1 Å². The molecule has 1 aromatic heterocycles. The molecule has 0 fully saturated rings. The Kier molecular flexibility index (Phi) is 5.99. The van der Waals surface area contributed by atoms with Crippen LogP contribution in [0.4, 0.5) is 5.82 Å². The number of rotatable bonds is 6. The number of aromatic nitrogens is 2. The summed E-state index contributed by atoms with van der Waals surface area (Å²) in [6, 6.07) is 13.6. The van der Waals surface area contributed by atoms with Crippen molar-refractivity contribution in [2.45, 2.75) is 30.2 Å². The summed E-state index contributed by atoms with van der Waals surface area (Å²) in [7, 11) is 3.11. The van der Waals surface area contributed by atoms with E-state index in [1.807, 2.05) is 37.3 Å². The summed E-state index contributed by atoms with van der Waals surface area (Å²) < 4.78 is 10.7. The molecule has 4 rings (SSSR count). The fraction of sp³-hybridized carbons (Fsp3) is 0.261. The summed E-state index contributed by atoms with van der Waals surface area (Å²) in [4.78, 5) is 32.8. The summed E-state index contributed by atoms with van der Waals surface area (Å²) in [5.41, 5.74) is 3.31. The second-order valence-electron chi connectivity index (χ2n) is 7.33.